The lowest BCUT2D eigenvalue weighted by Gasteiger charge is -1.40. The van der Waals surface area contributed by atoms with Crippen LogP contribution in [0.4, 0.5) is 0 Å². The van der Waals surface area contributed by atoms with Crippen LogP contribution in [-0.4, -0.2) is 9.84 Å². The van der Waals surface area contributed by atoms with Crippen LogP contribution in [0.5, 0.6) is 0 Å². The van der Waals surface area contributed by atoms with Gasteiger partial charge < -0.3 is 9.02 Å². The zero-order chi connectivity index (χ0) is 4.12. The van der Waals surface area contributed by atoms with Crippen molar-refractivity contribution in [3.63, 3.8) is 0 Å². The summed E-state index contributed by atoms with van der Waals surface area (Å²) in [6.07, 6.45) is 0. The molecule has 2 nitrogen and oxygen atoms in total. The van der Waals surface area contributed by atoms with E-state index in [0.29, 0.717) is 0 Å². The number of rotatable bonds is 0. The van der Waals surface area contributed by atoms with Crippen molar-refractivity contribution in [1.29, 1.82) is 0 Å². The molecule has 0 aromatic heterocycles. The molecule has 0 N–H and O–H groups in total. The third kappa shape index (κ3) is 3.20. The summed E-state index contributed by atoms with van der Waals surface area (Å²) in [5.74, 6) is 0. The molecule has 0 fully saturated rings. The first-order chi connectivity index (χ1) is 2.41. The second-order valence-corrected chi connectivity index (χ2v) is 0.971. The molecule has 0 aliphatic carbocycles. The molecule has 0 bridgehead atoms. The SMILES string of the molecule is [C-]#[N+][Si][N+]#[C-]. The third-order valence-electron chi connectivity index (χ3n) is 0.100. The average Bonchev–Trinajstić information content (AvgIpc) is 1.41. The van der Waals surface area contributed by atoms with Crippen LogP contribution in [-0.2, 0) is 0 Å². The van der Waals surface area contributed by atoms with Gasteiger partial charge in [0.15, 0.2) is 0 Å². The molecule has 0 aromatic rings. The van der Waals surface area contributed by atoms with Crippen LogP contribution in [0.3, 0.4) is 0 Å². The van der Waals surface area contributed by atoms with Gasteiger partial charge in [0.1, 0.15) is 0 Å². The molecule has 0 rings (SSSR count). The molecule has 0 saturated carbocycles. The zero-order valence-electron chi connectivity index (χ0n) is 2.39. The molecule has 22 valence electrons. The fraction of sp³-hybridized carbons (Fsp3) is 0. The Bertz CT molecular complexity index is 72.8. The maximum Gasteiger partial charge on any atom is 1.18 e. The molecule has 0 amide bonds. The molecular formula is C2N2Si. The lowest BCUT2D eigenvalue weighted by Crippen LogP contribution is -1.58. The molecule has 5 heavy (non-hydrogen) atoms. The van der Waals surface area contributed by atoms with E-state index in [4.69, 9.17) is 13.1 Å². The Labute approximate surface area is 33.0 Å². The Morgan fingerprint density at radius 3 is 1.60 bits per heavy atom. The Hall–Kier alpha value is -0.803. The van der Waals surface area contributed by atoms with Crippen molar-refractivity contribution in [1.82, 2.24) is 0 Å². The van der Waals surface area contributed by atoms with E-state index >= 15 is 0 Å². The highest BCUT2D eigenvalue weighted by atomic mass is 28.2. The summed E-state index contributed by atoms with van der Waals surface area (Å²) >= 11 is 0. The molecule has 3 heteroatoms. The molecule has 0 aromatic carbocycles. The minimum absolute atomic E-state index is 0.219. The first-order valence-electron chi connectivity index (χ1n) is 0.894. The van der Waals surface area contributed by atoms with Gasteiger partial charge in [0.2, 0.25) is 0 Å². The topological polar surface area (TPSA) is 8.72 Å². The first kappa shape index (κ1) is 4.20. The van der Waals surface area contributed by atoms with Crippen molar-refractivity contribution in [3.05, 3.63) is 22.2 Å². The van der Waals surface area contributed by atoms with Gasteiger partial charge in [-0.25, -0.2) is 0 Å². The Kier molecular flexibility index (Phi) is 2.68. The average molecular weight is 80.1 g/mol. The van der Waals surface area contributed by atoms with Crippen LogP contribution >= 0.6 is 0 Å². The summed E-state index contributed by atoms with van der Waals surface area (Å²) in [5.41, 5.74) is 0. The smallest absolute Gasteiger partial charge is 0.326 e. The molecule has 0 spiro atoms. The van der Waals surface area contributed by atoms with Gasteiger partial charge in [-0.15, -0.1) is 0 Å². The molecule has 0 unspecified atom stereocenters. The quantitative estimate of drug-likeness (QED) is 0.293. The van der Waals surface area contributed by atoms with Gasteiger partial charge in [0.25, 0.3) is 0 Å². The highest BCUT2D eigenvalue weighted by Gasteiger charge is 2.07. The largest absolute Gasteiger partial charge is 1.18 e. The minimum Gasteiger partial charge on any atom is -0.326 e. The minimum atomic E-state index is -0.219. The molecule has 0 atom stereocenters. The lowest BCUT2D eigenvalue weighted by atomic mass is 11.8. The number of hydrogen-bond donors (Lipinski definition) is 0. The first-order valence-corrected chi connectivity index (χ1v) is 1.79. The van der Waals surface area contributed by atoms with Crippen LogP contribution in [0, 0.1) is 13.1 Å². The molecule has 0 saturated heterocycles. The Morgan fingerprint density at radius 1 is 1.20 bits per heavy atom. The summed E-state index contributed by atoms with van der Waals surface area (Å²) in [6.45, 7) is 12.1. The summed E-state index contributed by atoms with van der Waals surface area (Å²) in [5, 5.41) is 0. The van der Waals surface area contributed by atoms with Crippen LogP contribution < -0.4 is 0 Å². The summed E-state index contributed by atoms with van der Waals surface area (Å²) < 4.78 is 5.56. The molecule has 0 aliphatic heterocycles. The standard InChI is InChI=1S/C2N2Si/c1-3-5-4-2. The van der Waals surface area contributed by atoms with Crippen molar-refractivity contribution < 1.29 is 0 Å². The molecule has 0 heterocycles. The van der Waals surface area contributed by atoms with Crippen LogP contribution in [0.1, 0.15) is 0 Å². The van der Waals surface area contributed by atoms with Gasteiger partial charge in [-0.3, -0.25) is 13.1 Å². The fourth-order valence-electron chi connectivity index (χ4n) is 0.0250. The normalized spacial score (nSPS) is 4.40. The van der Waals surface area contributed by atoms with E-state index in [9.17, 15) is 0 Å². The van der Waals surface area contributed by atoms with E-state index in [1.165, 1.54) is 0 Å². The maximum atomic E-state index is 6.03. The van der Waals surface area contributed by atoms with Crippen molar-refractivity contribution in [2.75, 3.05) is 0 Å². The summed E-state index contributed by atoms with van der Waals surface area (Å²) in [7, 11) is -0.219. The predicted octanol–water partition coefficient (Wildman–Crippen LogP) is 0.359. The monoisotopic (exact) mass is 80.0 g/mol. The fourth-order valence-corrected chi connectivity index (χ4v) is 0.0750. The van der Waals surface area contributed by atoms with Gasteiger partial charge in [0, 0.05) is 0 Å². The lowest BCUT2D eigenvalue weighted by molar-refractivity contribution is 2.38. The molecule has 2 radical (unpaired) electrons. The second-order valence-electron chi connectivity index (χ2n) is 0.324. The van der Waals surface area contributed by atoms with E-state index < -0.39 is 0 Å². The van der Waals surface area contributed by atoms with Gasteiger partial charge in [-0.1, -0.05) is 0 Å². The number of nitrogens with zero attached hydrogens (tertiary/aromatic N) is 2. The van der Waals surface area contributed by atoms with Gasteiger partial charge >= 0.3 is 9.84 Å². The number of hydrogen-bond acceptors (Lipinski definition) is 0. The predicted molar refractivity (Wildman–Crippen MR) is 19.0 cm³/mol. The van der Waals surface area contributed by atoms with Gasteiger partial charge in [0.05, 0.1) is 0 Å². The Balaban J connectivity index is 2.86. The Morgan fingerprint density at radius 2 is 1.60 bits per heavy atom. The van der Waals surface area contributed by atoms with Crippen molar-refractivity contribution in [2.45, 2.75) is 0 Å². The van der Waals surface area contributed by atoms with Crippen LogP contribution in [0.25, 0.3) is 9.02 Å². The molecule has 0 aliphatic rings. The summed E-state index contributed by atoms with van der Waals surface area (Å²) in [4.78, 5) is 0. The highest BCUT2D eigenvalue weighted by molar-refractivity contribution is 6.43. The van der Waals surface area contributed by atoms with E-state index in [1.54, 1.807) is 0 Å². The highest BCUT2D eigenvalue weighted by Crippen LogP contribution is 1.55. The second kappa shape index (κ2) is 3.20. The maximum absolute atomic E-state index is 6.03. The van der Waals surface area contributed by atoms with E-state index in [0.717, 1.165) is 0 Å². The van der Waals surface area contributed by atoms with Crippen LogP contribution in [0.15, 0.2) is 0 Å². The molecular weight excluding hydrogens is 80.1 g/mol. The van der Waals surface area contributed by atoms with Gasteiger partial charge in [-0.05, 0) is 0 Å². The van der Waals surface area contributed by atoms with Crippen molar-refractivity contribution in [2.24, 2.45) is 0 Å². The van der Waals surface area contributed by atoms with Crippen molar-refractivity contribution >= 4 is 9.84 Å². The van der Waals surface area contributed by atoms with E-state index in [-0.39, 0.29) is 9.84 Å². The van der Waals surface area contributed by atoms with Gasteiger partial charge in [-0.2, -0.15) is 0 Å². The van der Waals surface area contributed by atoms with Crippen molar-refractivity contribution in [3.8, 4) is 0 Å². The zero-order valence-corrected chi connectivity index (χ0v) is 3.39. The van der Waals surface area contributed by atoms with E-state index in [2.05, 4.69) is 9.02 Å². The third-order valence-corrected chi connectivity index (χ3v) is 0.300. The van der Waals surface area contributed by atoms with E-state index in [1.807, 2.05) is 0 Å². The van der Waals surface area contributed by atoms with Crippen LogP contribution in [0.2, 0.25) is 0 Å². The summed E-state index contributed by atoms with van der Waals surface area (Å²) in [6, 6.07) is 0.